The van der Waals surface area contributed by atoms with Gasteiger partial charge in [0.25, 0.3) is 11.2 Å². The first kappa shape index (κ1) is 20.8. The molecule has 0 fully saturated rings. The maximum Gasteiger partial charge on any atom is 0.270 e. The fraction of sp³-hybridized carbons (Fsp3) is 0.250. The molecule has 156 valence electrons. The van der Waals surface area contributed by atoms with Crippen molar-refractivity contribution in [3.8, 4) is 11.5 Å². The monoisotopic (exact) mass is 412 g/mol. The second-order valence-electron chi connectivity index (χ2n) is 6.24. The highest BCUT2D eigenvalue weighted by molar-refractivity contribution is 5.80. The van der Waals surface area contributed by atoms with Crippen LogP contribution in [-0.2, 0) is 11.3 Å². The van der Waals surface area contributed by atoms with Crippen LogP contribution in [0.2, 0.25) is 0 Å². The molecule has 0 saturated heterocycles. The molecule has 0 radical (unpaired) electrons. The summed E-state index contributed by atoms with van der Waals surface area (Å²) in [6, 6.07) is 11.0. The first-order chi connectivity index (χ1) is 14.5. The third-order valence-electron chi connectivity index (χ3n) is 4.16. The molecule has 0 bridgehead atoms. The number of aromatic nitrogens is 2. The van der Waals surface area contributed by atoms with Crippen molar-refractivity contribution in [3.63, 3.8) is 0 Å². The molecule has 1 aromatic heterocycles. The van der Waals surface area contributed by atoms with Gasteiger partial charge in [-0.25, -0.2) is 4.98 Å². The van der Waals surface area contributed by atoms with Crippen LogP contribution >= 0.6 is 0 Å². The van der Waals surface area contributed by atoms with Crippen molar-refractivity contribution in [2.75, 3.05) is 19.8 Å². The zero-order valence-corrected chi connectivity index (χ0v) is 16.2. The summed E-state index contributed by atoms with van der Waals surface area (Å²) < 4.78 is 12.0. The molecule has 3 aromatic rings. The number of hydrogen-bond donors (Lipinski definition) is 1. The van der Waals surface area contributed by atoms with Crippen LogP contribution in [0.25, 0.3) is 10.9 Å². The third kappa shape index (κ3) is 5.10. The van der Waals surface area contributed by atoms with Crippen molar-refractivity contribution in [3.05, 3.63) is 69.3 Å². The van der Waals surface area contributed by atoms with Gasteiger partial charge in [0.05, 0.1) is 35.3 Å². The van der Waals surface area contributed by atoms with E-state index in [0.717, 1.165) is 16.4 Å². The van der Waals surface area contributed by atoms with Gasteiger partial charge < -0.3 is 14.8 Å². The Hall–Kier alpha value is -3.95. The van der Waals surface area contributed by atoms with Gasteiger partial charge in [-0.1, -0.05) is 0 Å². The van der Waals surface area contributed by atoms with E-state index in [1.807, 2.05) is 6.92 Å². The molecule has 30 heavy (non-hydrogen) atoms. The molecular weight excluding hydrogens is 392 g/mol. The second-order valence-corrected chi connectivity index (χ2v) is 6.24. The smallest absolute Gasteiger partial charge is 0.270 e. The quantitative estimate of drug-likeness (QED) is 0.323. The van der Waals surface area contributed by atoms with Crippen LogP contribution in [-0.4, -0.2) is 40.1 Å². The van der Waals surface area contributed by atoms with Gasteiger partial charge in [0.1, 0.15) is 24.7 Å². The minimum Gasteiger partial charge on any atom is -0.494 e. The Kier molecular flexibility index (Phi) is 6.58. The van der Waals surface area contributed by atoms with Crippen molar-refractivity contribution in [1.29, 1.82) is 0 Å². The van der Waals surface area contributed by atoms with Crippen LogP contribution in [0.4, 0.5) is 5.69 Å². The third-order valence-corrected chi connectivity index (χ3v) is 4.16. The van der Waals surface area contributed by atoms with E-state index in [0.29, 0.717) is 17.9 Å². The van der Waals surface area contributed by atoms with E-state index in [9.17, 15) is 19.7 Å². The van der Waals surface area contributed by atoms with E-state index in [1.165, 1.54) is 18.5 Å². The SMILES string of the molecule is CCOc1ccc(OCCNC(=O)Cn2cnc3ccc([N+](=O)[O-])cc3c2=O)cc1. The lowest BCUT2D eigenvalue weighted by molar-refractivity contribution is -0.384. The lowest BCUT2D eigenvalue weighted by Crippen LogP contribution is -2.34. The molecule has 3 rings (SSSR count). The Morgan fingerprint density at radius 2 is 1.87 bits per heavy atom. The van der Waals surface area contributed by atoms with Crippen molar-refractivity contribution in [2.24, 2.45) is 0 Å². The normalized spacial score (nSPS) is 10.6. The Bertz CT molecular complexity index is 1110. The molecule has 0 aliphatic heterocycles. The van der Waals surface area contributed by atoms with Crippen LogP contribution in [0.5, 0.6) is 11.5 Å². The number of carbonyl (C=O) groups excluding carboxylic acids is 1. The van der Waals surface area contributed by atoms with Gasteiger partial charge in [-0.2, -0.15) is 0 Å². The number of carbonyl (C=O) groups is 1. The van der Waals surface area contributed by atoms with Crippen LogP contribution < -0.4 is 20.3 Å². The molecule has 0 aliphatic rings. The summed E-state index contributed by atoms with van der Waals surface area (Å²) in [5.74, 6) is 0.987. The lowest BCUT2D eigenvalue weighted by Gasteiger charge is -2.10. The Balaban J connectivity index is 1.54. The Morgan fingerprint density at radius 3 is 2.53 bits per heavy atom. The second kappa shape index (κ2) is 9.50. The number of nitrogens with zero attached hydrogens (tertiary/aromatic N) is 3. The Morgan fingerprint density at radius 1 is 1.17 bits per heavy atom. The predicted molar refractivity (Wildman–Crippen MR) is 109 cm³/mol. The topological polar surface area (TPSA) is 126 Å². The number of nitro groups is 1. The summed E-state index contributed by atoms with van der Waals surface area (Å²) in [5, 5.41) is 13.6. The maximum atomic E-state index is 12.5. The molecule has 0 aliphatic carbocycles. The van der Waals surface area contributed by atoms with Crippen molar-refractivity contribution in [2.45, 2.75) is 13.5 Å². The average Bonchev–Trinajstić information content (AvgIpc) is 2.74. The standard InChI is InChI=1S/C20H20N4O6/c1-2-29-15-4-6-16(7-5-15)30-10-9-21-19(25)12-23-13-22-18-8-3-14(24(27)28)11-17(18)20(23)26/h3-8,11,13H,2,9-10,12H2,1H3,(H,21,25). The summed E-state index contributed by atoms with van der Waals surface area (Å²) >= 11 is 0. The van der Waals surface area contributed by atoms with Gasteiger partial charge >= 0.3 is 0 Å². The number of benzene rings is 2. The number of hydrogen-bond acceptors (Lipinski definition) is 7. The van der Waals surface area contributed by atoms with Crippen LogP contribution in [0.15, 0.2) is 53.6 Å². The minimum atomic E-state index is -0.590. The number of nitrogens with one attached hydrogen (secondary N) is 1. The van der Waals surface area contributed by atoms with E-state index < -0.39 is 16.4 Å². The van der Waals surface area contributed by atoms with Crippen molar-refractivity contribution >= 4 is 22.5 Å². The van der Waals surface area contributed by atoms with E-state index in [4.69, 9.17) is 9.47 Å². The first-order valence-corrected chi connectivity index (χ1v) is 9.24. The number of non-ortho nitro benzene ring substituents is 1. The summed E-state index contributed by atoms with van der Waals surface area (Å²) in [7, 11) is 0. The zero-order chi connectivity index (χ0) is 21.5. The number of nitro benzene ring substituents is 1. The highest BCUT2D eigenvalue weighted by Gasteiger charge is 2.12. The van der Waals surface area contributed by atoms with E-state index in [-0.39, 0.29) is 30.8 Å². The number of rotatable bonds is 9. The molecule has 0 atom stereocenters. The molecule has 0 spiro atoms. The molecular formula is C20H20N4O6. The zero-order valence-electron chi connectivity index (χ0n) is 16.2. The lowest BCUT2D eigenvalue weighted by atomic mass is 10.2. The fourth-order valence-corrected chi connectivity index (χ4v) is 2.74. The molecule has 1 amide bonds. The van der Waals surface area contributed by atoms with Gasteiger partial charge in [-0.3, -0.25) is 24.3 Å². The summed E-state index contributed by atoms with van der Waals surface area (Å²) in [6.07, 6.45) is 1.24. The molecule has 10 nitrogen and oxygen atoms in total. The van der Waals surface area contributed by atoms with Crippen molar-refractivity contribution < 1.29 is 19.2 Å². The van der Waals surface area contributed by atoms with Gasteiger partial charge in [0.2, 0.25) is 5.91 Å². The highest BCUT2D eigenvalue weighted by Crippen LogP contribution is 2.17. The molecule has 1 N–H and O–H groups in total. The van der Waals surface area contributed by atoms with Crippen LogP contribution in [0.3, 0.4) is 0 Å². The molecule has 10 heteroatoms. The summed E-state index contributed by atoms with van der Waals surface area (Å²) in [4.78, 5) is 39.0. The van der Waals surface area contributed by atoms with Gasteiger partial charge in [0.15, 0.2) is 0 Å². The average molecular weight is 412 g/mol. The van der Waals surface area contributed by atoms with Crippen LogP contribution in [0.1, 0.15) is 6.92 Å². The van der Waals surface area contributed by atoms with Crippen molar-refractivity contribution in [1.82, 2.24) is 14.9 Å². The van der Waals surface area contributed by atoms with E-state index in [1.54, 1.807) is 24.3 Å². The minimum absolute atomic E-state index is 0.0818. The summed E-state index contributed by atoms with van der Waals surface area (Å²) in [5.41, 5.74) is -0.412. The molecule has 0 unspecified atom stereocenters. The van der Waals surface area contributed by atoms with E-state index >= 15 is 0 Å². The highest BCUT2D eigenvalue weighted by atomic mass is 16.6. The maximum absolute atomic E-state index is 12.5. The van der Waals surface area contributed by atoms with Crippen LogP contribution in [0, 0.1) is 10.1 Å². The van der Waals surface area contributed by atoms with Gasteiger partial charge in [-0.05, 0) is 37.3 Å². The largest absolute Gasteiger partial charge is 0.494 e. The van der Waals surface area contributed by atoms with Gasteiger partial charge in [0, 0.05) is 12.1 Å². The molecule has 1 heterocycles. The molecule has 0 saturated carbocycles. The van der Waals surface area contributed by atoms with E-state index in [2.05, 4.69) is 10.3 Å². The summed E-state index contributed by atoms with van der Waals surface area (Å²) in [6.45, 7) is 2.72. The first-order valence-electron chi connectivity index (χ1n) is 9.24. The number of amides is 1. The predicted octanol–water partition coefficient (Wildman–Crippen LogP) is 1.90. The number of fused-ring (bicyclic) bond motifs is 1. The molecule has 2 aromatic carbocycles. The Labute approximate surface area is 171 Å². The number of ether oxygens (including phenoxy) is 2. The van der Waals surface area contributed by atoms with Gasteiger partial charge in [-0.15, -0.1) is 0 Å². The fourth-order valence-electron chi connectivity index (χ4n) is 2.74.